The number of amides is 2. The highest BCUT2D eigenvalue weighted by Crippen LogP contribution is 2.18. The van der Waals surface area contributed by atoms with E-state index < -0.39 is 16.1 Å². The second kappa shape index (κ2) is 5.92. The SMILES string of the molecule is CCc1ccc(S(=O)(=O)NC(=O)NC(C)C)cc1N. The molecule has 0 aliphatic heterocycles. The number of rotatable bonds is 4. The first-order chi connectivity index (χ1) is 8.76. The minimum Gasteiger partial charge on any atom is -0.398 e. The van der Waals surface area contributed by atoms with Crippen molar-refractivity contribution in [2.75, 3.05) is 5.73 Å². The van der Waals surface area contributed by atoms with Crippen molar-refractivity contribution in [3.05, 3.63) is 23.8 Å². The summed E-state index contributed by atoms with van der Waals surface area (Å²) in [6, 6.07) is 3.52. The van der Waals surface area contributed by atoms with Crippen molar-refractivity contribution in [1.82, 2.24) is 10.0 Å². The average Bonchev–Trinajstić information content (AvgIpc) is 2.26. The Labute approximate surface area is 113 Å². The molecule has 0 bridgehead atoms. The maximum atomic E-state index is 11.9. The van der Waals surface area contributed by atoms with Gasteiger partial charge in [-0.1, -0.05) is 13.0 Å². The average molecular weight is 285 g/mol. The van der Waals surface area contributed by atoms with Gasteiger partial charge in [-0.2, -0.15) is 0 Å². The monoisotopic (exact) mass is 285 g/mol. The predicted octanol–water partition coefficient (Wildman–Crippen LogP) is 1.23. The van der Waals surface area contributed by atoms with Crippen LogP contribution in [-0.2, 0) is 16.4 Å². The number of hydrogen-bond acceptors (Lipinski definition) is 4. The van der Waals surface area contributed by atoms with Gasteiger partial charge in [0.15, 0.2) is 0 Å². The zero-order chi connectivity index (χ0) is 14.6. The summed E-state index contributed by atoms with van der Waals surface area (Å²) in [5, 5.41) is 2.45. The normalized spacial score (nSPS) is 11.4. The van der Waals surface area contributed by atoms with Gasteiger partial charge >= 0.3 is 6.03 Å². The van der Waals surface area contributed by atoms with E-state index in [1.807, 2.05) is 11.6 Å². The molecule has 0 unspecified atom stereocenters. The van der Waals surface area contributed by atoms with Crippen molar-refractivity contribution in [3.63, 3.8) is 0 Å². The molecule has 0 spiro atoms. The third-order valence-corrected chi connectivity index (χ3v) is 3.78. The quantitative estimate of drug-likeness (QED) is 0.724. The minimum atomic E-state index is -3.89. The summed E-state index contributed by atoms with van der Waals surface area (Å²) in [6.07, 6.45) is 0.716. The Hall–Kier alpha value is -1.76. The van der Waals surface area contributed by atoms with E-state index in [4.69, 9.17) is 5.73 Å². The fourth-order valence-corrected chi connectivity index (χ4v) is 2.48. The van der Waals surface area contributed by atoms with Crippen LogP contribution in [0.2, 0.25) is 0 Å². The van der Waals surface area contributed by atoms with Crippen LogP contribution < -0.4 is 15.8 Å². The number of carbonyl (C=O) groups excluding carboxylic acids is 1. The highest BCUT2D eigenvalue weighted by molar-refractivity contribution is 7.90. The van der Waals surface area contributed by atoms with E-state index in [0.717, 1.165) is 5.56 Å². The molecule has 0 atom stereocenters. The first-order valence-corrected chi connectivity index (χ1v) is 7.46. The molecule has 0 fully saturated rings. The second-order valence-electron chi connectivity index (χ2n) is 4.45. The summed E-state index contributed by atoms with van der Waals surface area (Å²) < 4.78 is 25.8. The number of urea groups is 1. The standard InChI is InChI=1S/C12H19N3O3S/c1-4-9-5-6-10(7-11(9)13)19(17,18)15-12(16)14-8(2)3/h5-8H,4,13H2,1-3H3,(H2,14,15,16). The van der Waals surface area contributed by atoms with Gasteiger partial charge in [-0.3, -0.25) is 0 Å². The van der Waals surface area contributed by atoms with Crippen LogP contribution in [0.3, 0.4) is 0 Å². The van der Waals surface area contributed by atoms with E-state index in [9.17, 15) is 13.2 Å². The number of aryl methyl sites for hydroxylation is 1. The van der Waals surface area contributed by atoms with Crippen molar-refractivity contribution >= 4 is 21.7 Å². The Morgan fingerprint density at radius 1 is 1.37 bits per heavy atom. The van der Waals surface area contributed by atoms with Gasteiger partial charge in [0.05, 0.1) is 4.90 Å². The van der Waals surface area contributed by atoms with Crippen LogP contribution in [0.1, 0.15) is 26.3 Å². The zero-order valence-electron chi connectivity index (χ0n) is 11.2. The zero-order valence-corrected chi connectivity index (χ0v) is 12.0. The Morgan fingerprint density at radius 2 is 2.00 bits per heavy atom. The molecule has 106 valence electrons. The number of sulfonamides is 1. The molecule has 1 rings (SSSR count). The van der Waals surface area contributed by atoms with Crippen molar-refractivity contribution in [3.8, 4) is 0 Å². The molecule has 7 heteroatoms. The Balaban J connectivity index is 2.95. The van der Waals surface area contributed by atoms with Gasteiger partial charge in [-0.25, -0.2) is 17.9 Å². The molecule has 0 aliphatic carbocycles. The van der Waals surface area contributed by atoms with Gasteiger partial charge < -0.3 is 11.1 Å². The molecule has 19 heavy (non-hydrogen) atoms. The third kappa shape index (κ3) is 4.13. The predicted molar refractivity (Wildman–Crippen MR) is 74.2 cm³/mol. The van der Waals surface area contributed by atoms with Crippen molar-refractivity contribution in [2.45, 2.75) is 38.1 Å². The number of nitrogens with two attached hydrogens (primary N) is 1. The lowest BCUT2D eigenvalue weighted by molar-refractivity contribution is 0.243. The van der Waals surface area contributed by atoms with Crippen molar-refractivity contribution in [2.24, 2.45) is 0 Å². The molecule has 0 radical (unpaired) electrons. The van der Waals surface area contributed by atoms with E-state index in [-0.39, 0.29) is 10.9 Å². The van der Waals surface area contributed by atoms with Gasteiger partial charge in [0, 0.05) is 11.7 Å². The van der Waals surface area contributed by atoms with Crippen LogP contribution in [0.4, 0.5) is 10.5 Å². The van der Waals surface area contributed by atoms with E-state index in [2.05, 4.69) is 5.32 Å². The maximum absolute atomic E-state index is 11.9. The minimum absolute atomic E-state index is 0.0268. The first-order valence-electron chi connectivity index (χ1n) is 5.98. The second-order valence-corrected chi connectivity index (χ2v) is 6.13. The largest absolute Gasteiger partial charge is 0.398 e. The molecule has 0 aromatic heterocycles. The number of nitrogen functional groups attached to an aromatic ring is 1. The summed E-state index contributed by atoms with van der Waals surface area (Å²) >= 11 is 0. The number of nitrogens with one attached hydrogen (secondary N) is 2. The summed E-state index contributed by atoms with van der Waals surface area (Å²) in [6.45, 7) is 5.40. The molecule has 0 saturated heterocycles. The molecule has 2 amide bonds. The van der Waals surface area contributed by atoms with Crippen LogP contribution in [-0.4, -0.2) is 20.5 Å². The first kappa shape index (κ1) is 15.3. The molecule has 1 aromatic carbocycles. The third-order valence-electron chi connectivity index (χ3n) is 2.46. The van der Waals surface area contributed by atoms with Crippen LogP contribution >= 0.6 is 0 Å². The van der Waals surface area contributed by atoms with Crippen LogP contribution in [0.15, 0.2) is 23.1 Å². The van der Waals surface area contributed by atoms with Gasteiger partial charge in [0.25, 0.3) is 10.0 Å². The van der Waals surface area contributed by atoms with Crippen molar-refractivity contribution < 1.29 is 13.2 Å². The summed E-state index contributed by atoms with van der Waals surface area (Å²) in [5.74, 6) is 0. The summed E-state index contributed by atoms with van der Waals surface area (Å²) in [5.41, 5.74) is 7.01. The Morgan fingerprint density at radius 3 is 2.47 bits per heavy atom. The fourth-order valence-electron chi connectivity index (χ4n) is 1.53. The number of hydrogen-bond donors (Lipinski definition) is 3. The molecular formula is C12H19N3O3S. The molecule has 6 nitrogen and oxygen atoms in total. The topological polar surface area (TPSA) is 101 Å². The van der Waals surface area contributed by atoms with E-state index in [1.54, 1.807) is 19.9 Å². The van der Waals surface area contributed by atoms with Crippen molar-refractivity contribution in [1.29, 1.82) is 0 Å². The van der Waals surface area contributed by atoms with Crippen LogP contribution in [0.25, 0.3) is 0 Å². The van der Waals surface area contributed by atoms with E-state index in [0.29, 0.717) is 12.1 Å². The molecule has 4 N–H and O–H groups in total. The fraction of sp³-hybridized carbons (Fsp3) is 0.417. The number of carbonyl (C=O) groups is 1. The smallest absolute Gasteiger partial charge is 0.328 e. The van der Waals surface area contributed by atoms with Gasteiger partial charge in [0.1, 0.15) is 0 Å². The highest BCUT2D eigenvalue weighted by Gasteiger charge is 2.18. The van der Waals surface area contributed by atoms with Gasteiger partial charge in [-0.15, -0.1) is 0 Å². The van der Waals surface area contributed by atoms with Gasteiger partial charge in [-0.05, 0) is 38.0 Å². The Bertz CT molecular complexity index is 568. The van der Waals surface area contributed by atoms with E-state index >= 15 is 0 Å². The lowest BCUT2D eigenvalue weighted by atomic mass is 10.1. The molecular weight excluding hydrogens is 266 g/mol. The lowest BCUT2D eigenvalue weighted by Crippen LogP contribution is -2.42. The number of benzene rings is 1. The molecule has 1 aromatic rings. The van der Waals surface area contributed by atoms with Crippen LogP contribution in [0, 0.1) is 0 Å². The summed E-state index contributed by atoms with van der Waals surface area (Å²) in [4.78, 5) is 11.4. The Kier molecular flexibility index (Phi) is 4.77. The number of anilines is 1. The van der Waals surface area contributed by atoms with Crippen LogP contribution in [0.5, 0.6) is 0 Å². The maximum Gasteiger partial charge on any atom is 0.328 e. The summed E-state index contributed by atoms with van der Waals surface area (Å²) in [7, 11) is -3.89. The molecule has 0 heterocycles. The molecule has 0 aliphatic rings. The van der Waals surface area contributed by atoms with Gasteiger partial charge in [0.2, 0.25) is 0 Å². The molecule has 0 saturated carbocycles. The highest BCUT2D eigenvalue weighted by atomic mass is 32.2. The lowest BCUT2D eigenvalue weighted by Gasteiger charge is -2.11. The van der Waals surface area contributed by atoms with E-state index in [1.165, 1.54) is 12.1 Å².